The van der Waals surface area contributed by atoms with Crippen molar-refractivity contribution in [1.29, 1.82) is 0 Å². The Morgan fingerprint density at radius 2 is 2.29 bits per heavy atom. The molecular weight excluding hydrogens is 280 g/mol. The van der Waals surface area contributed by atoms with Crippen LogP contribution in [0.15, 0.2) is 23.2 Å². The van der Waals surface area contributed by atoms with Gasteiger partial charge in [-0.3, -0.25) is 4.98 Å². The molecule has 0 aliphatic carbocycles. The van der Waals surface area contributed by atoms with E-state index in [0.29, 0.717) is 6.61 Å². The van der Waals surface area contributed by atoms with Crippen LogP contribution in [0.3, 0.4) is 0 Å². The van der Waals surface area contributed by atoms with Crippen molar-refractivity contribution in [2.45, 2.75) is 26.8 Å². The van der Waals surface area contributed by atoms with Gasteiger partial charge < -0.3 is 10.1 Å². The number of nitrogens with zero attached hydrogens (tertiary/aromatic N) is 1. The Hall–Kier alpha value is -0.870. The van der Waals surface area contributed by atoms with E-state index in [1.165, 1.54) is 0 Å². The van der Waals surface area contributed by atoms with Gasteiger partial charge in [0.1, 0.15) is 12.4 Å². The maximum absolute atomic E-state index is 5.64. The number of ether oxygens (including phenoxy) is 1. The van der Waals surface area contributed by atoms with E-state index in [2.05, 4.69) is 39.7 Å². The average Bonchev–Trinajstić information content (AvgIpc) is 2.28. The summed E-state index contributed by atoms with van der Waals surface area (Å²) >= 11 is 3.28. The van der Waals surface area contributed by atoms with Crippen LogP contribution in [0.4, 0.5) is 0 Å². The number of pyridine rings is 1. The van der Waals surface area contributed by atoms with Crippen LogP contribution in [0.2, 0.25) is 0 Å². The van der Waals surface area contributed by atoms with Gasteiger partial charge in [0.25, 0.3) is 0 Å². The first kappa shape index (κ1) is 14.2. The van der Waals surface area contributed by atoms with Crippen LogP contribution in [-0.4, -0.2) is 18.1 Å². The van der Waals surface area contributed by atoms with Crippen LogP contribution in [-0.2, 0) is 6.54 Å². The molecular formula is C13H19BrN2O. The van der Waals surface area contributed by atoms with E-state index in [4.69, 9.17) is 4.74 Å². The quantitative estimate of drug-likeness (QED) is 0.785. The van der Waals surface area contributed by atoms with Crippen LogP contribution in [0.25, 0.3) is 0 Å². The molecule has 1 heterocycles. The number of nitrogens with one attached hydrogen (secondary N) is 1. The van der Waals surface area contributed by atoms with Gasteiger partial charge in [0.15, 0.2) is 0 Å². The molecule has 0 aliphatic rings. The van der Waals surface area contributed by atoms with Gasteiger partial charge in [-0.1, -0.05) is 29.4 Å². The minimum absolute atomic E-state index is 0.464. The van der Waals surface area contributed by atoms with Crippen molar-refractivity contribution in [2.75, 3.05) is 13.2 Å². The molecule has 0 spiro atoms. The Balaban J connectivity index is 2.69. The highest BCUT2D eigenvalue weighted by Crippen LogP contribution is 2.18. The Morgan fingerprint density at radius 3 is 2.94 bits per heavy atom. The summed E-state index contributed by atoms with van der Waals surface area (Å²) < 4.78 is 6.46. The minimum atomic E-state index is 0.464. The van der Waals surface area contributed by atoms with E-state index in [1.54, 1.807) is 0 Å². The highest BCUT2D eigenvalue weighted by Gasteiger charge is 2.05. The summed E-state index contributed by atoms with van der Waals surface area (Å²) in [5, 5.41) is 3.33. The molecule has 1 aromatic heterocycles. The highest BCUT2D eigenvalue weighted by atomic mass is 79.9. The first-order valence-corrected chi connectivity index (χ1v) is 6.56. The molecule has 1 rings (SSSR count). The lowest BCUT2D eigenvalue weighted by molar-refractivity contribution is 0.353. The fraction of sp³-hybridized carbons (Fsp3) is 0.462. The number of aromatic nitrogens is 1. The zero-order chi connectivity index (χ0) is 12.7. The average molecular weight is 299 g/mol. The zero-order valence-electron chi connectivity index (χ0n) is 10.4. The van der Waals surface area contributed by atoms with Gasteiger partial charge in [-0.15, -0.1) is 0 Å². The Kier molecular flexibility index (Phi) is 6.22. The van der Waals surface area contributed by atoms with Crippen molar-refractivity contribution < 1.29 is 4.74 Å². The predicted molar refractivity (Wildman–Crippen MR) is 74.5 cm³/mol. The summed E-state index contributed by atoms with van der Waals surface area (Å²) in [6.07, 6.45) is 1.11. The lowest BCUT2D eigenvalue weighted by Gasteiger charge is -2.11. The maximum atomic E-state index is 5.64. The molecule has 0 aromatic carbocycles. The van der Waals surface area contributed by atoms with E-state index < -0.39 is 0 Å². The smallest absolute Gasteiger partial charge is 0.142 e. The number of hydrogen-bond acceptors (Lipinski definition) is 3. The van der Waals surface area contributed by atoms with Crippen molar-refractivity contribution in [1.82, 2.24) is 10.3 Å². The van der Waals surface area contributed by atoms with Crippen LogP contribution in [0.5, 0.6) is 5.75 Å². The summed E-state index contributed by atoms with van der Waals surface area (Å²) in [5.41, 5.74) is 1.95. The topological polar surface area (TPSA) is 34.1 Å². The van der Waals surface area contributed by atoms with Crippen molar-refractivity contribution in [3.05, 3.63) is 34.6 Å². The second-order valence-electron chi connectivity index (χ2n) is 3.88. The standard InChI is InChI=1S/C13H19BrN2O/c1-4-7-15-8-12-13(17-9-10(2)14)6-5-11(3)16-12/h5-6,15H,2,4,7-9H2,1,3H3. The van der Waals surface area contributed by atoms with Crippen molar-refractivity contribution in [2.24, 2.45) is 0 Å². The highest BCUT2D eigenvalue weighted by molar-refractivity contribution is 9.11. The van der Waals surface area contributed by atoms with Gasteiger partial charge in [0, 0.05) is 16.7 Å². The van der Waals surface area contributed by atoms with Crippen LogP contribution in [0, 0.1) is 6.92 Å². The molecule has 0 fully saturated rings. The van der Waals surface area contributed by atoms with E-state index in [1.807, 2.05) is 19.1 Å². The van der Waals surface area contributed by atoms with Gasteiger partial charge in [0.05, 0.1) is 5.69 Å². The maximum Gasteiger partial charge on any atom is 0.142 e. The molecule has 4 heteroatoms. The predicted octanol–water partition coefficient (Wildman–Crippen LogP) is 3.18. The van der Waals surface area contributed by atoms with E-state index in [9.17, 15) is 0 Å². The van der Waals surface area contributed by atoms with Gasteiger partial charge in [-0.2, -0.15) is 0 Å². The summed E-state index contributed by atoms with van der Waals surface area (Å²) in [6, 6.07) is 3.91. The lowest BCUT2D eigenvalue weighted by Crippen LogP contribution is -2.16. The summed E-state index contributed by atoms with van der Waals surface area (Å²) in [4.78, 5) is 4.49. The number of halogens is 1. The van der Waals surface area contributed by atoms with Gasteiger partial charge >= 0.3 is 0 Å². The SMILES string of the molecule is C=C(Br)COc1ccc(C)nc1CNCCC. The molecule has 0 amide bonds. The van der Waals surface area contributed by atoms with Crippen LogP contribution in [0.1, 0.15) is 24.7 Å². The molecule has 17 heavy (non-hydrogen) atoms. The number of hydrogen-bond donors (Lipinski definition) is 1. The Morgan fingerprint density at radius 1 is 1.53 bits per heavy atom. The fourth-order valence-corrected chi connectivity index (χ4v) is 1.51. The number of aryl methyl sites for hydroxylation is 1. The van der Waals surface area contributed by atoms with Crippen molar-refractivity contribution in [3.63, 3.8) is 0 Å². The molecule has 0 bridgehead atoms. The zero-order valence-corrected chi connectivity index (χ0v) is 12.0. The second-order valence-corrected chi connectivity index (χ2v) is 5.00. The van der Waals surface area contributed by atoms with Gasteiger partial charge in [-0.25, -0.2) is 0 Å². The summed E-state index contributed by atoms with van der Waals surface area (Å²) in [5.74, 6) is 0.819. The van der Waals surface area contributed by atoms with E-state index >= 15 is 0 Å². The molecule has 0 aliphatic heterocycles. The molecule has 0 radical (unpaired) electrons. The first-order valence-electron chi connectivity index (χ1n) is 5.76. The Bertz CT molecular complexity index is 380. The van der Waals surface area contributed by atoms with Gasteiger partial charge in [-0.05, 0) is 32.0 Å². The van der Waals surface area contributed by atoms with Crippen LogP contribution < -0.4 is 10.1 Å². The van der Waals surface area contributed by atoms with Crippen molar-refractivity contribution >= 4 is 15.9 Å². The third kappa shape index (κ3) is 5.33. The fourth-order valence-electron chi connectivity index (χ4n) is 1.40. The molecule has 1 aromatic rings. The third-order valence-electron chi connectivity index (χ3n) is 2.18. The number of rotatable bonds is 7. The molecule has 1 N–H and O–H groups in total. The second kappa shape index (κ2) is 7.45. The van der Waals surface area contributed by atoms with Crippen molar-refractivity contribution in [3.8, 4) is 5.75 Å². The molecule has 3 nitrogen and oxygen atoms in total. The molecule has 0 saturated heterocycles. The molecule has 0 unspecified atom stereocenters. The van der Waals surface area contributed by atoms with Gasteiger partial charge in [0.2, 0.25) is 0 Å². The normalized spacial score (nSPS) is 10.3. The molecule has 0 atom stereocenters. The third-order valence-corrected chi connectivity index (χ3v) is 2.40. The monoisotopic (exact) mass is 298 g/mol. The minimum Gasteiger partial charge on any atom is -0.486 e. The Labute approximate surface area is 111 Å². The summed E-state index contributed by atoms with van der Waals surface area (Å²) in [7, 11) is 0. The van der Waals surface area contributed by atoms with Crippen LogP contribution >= 0.6 is 15.9 Å². The summed E-state index contributed by atoms with van der Waals surface area (Å²) in [6.45, 7) is 10.1. The lowest BCUT2D eigenvalue weighted by atomic mass is 10.2. The molecule has 0 saturated carbocycles. The largest absolute Gasteiger partial charge is 0.486 e. The first-order chi connectivity index (χ1) is 8.13. The van der Waals surface area contributed by atoms with E-state index in [-0.39, 0.29) is 0 Å². The molecule has 94 valence electrons. The van der Waals surface area contributed by atoms with E-state index in [0.717, 1.165) is 41.1 Å².